The number of allylic oxidation sites excluding steroid dienone is 4. The molecule has 0 radical (unpaired) electrons. The van der Waals surface area contributed by atoms with Crippen molar-refractivity contribution < 1.29 is 28.6 Å². The van der Waals surface area contributed by atoms with Crippen LogP contribution in [0, 0.1) is 0 Å². The smallest absolute Gasteiger partial charge is 0.306 e. The lowest BCUT2D eigenvalue weighted by molar-refractivity contribution is -0.167. The summed E-state index contributed by atoms with van der Waals surface area (Å²) in [7, 11) is 0. The van der Waals surface area contributed by atoms with Crippen LogP contribution in [0.4, 0.5) is 0 Å². The normalized spacial score (nSPS) is 12.1. The van der Waals surface area contributed by atoms with E-state index in [1.54, 1.807) is 0 Å². The van der Waals surface area contributed by atoms with Gasteiger partial charge in [0.1, 0.15) is 13.2 Å². The summed E-state index contributed by atoms with van der Waals surface area (Å²) >= 11 is 0. The maximum absolute atomic E-state index is 12.7. The Labute approximate surface area is 347 Å². The molecule has 6 nitrogen and oxygen atoms in total. The summed E-state index contributed by atoms with van der Waals surface area (Å²) in [5.74, 6) is -0.878. The molecule has 1 atom stereocenters. The van der Waals surface area contributed by atoms with Crippen LogP contribution in [-0.4, -0.2) is 37.2 Å². The number of hydrogen-bond donors (Lipinski definition) is 0. The van der Waals surface area contributed by atoms with Gasteiger partial charge in [0.05, 0.1) is 0 Å². The molecule has 0 aromatic carbocycles. The van der Waals surface area contributed by atoms with Crippen LogP contribution in [0.15, 0.2) is 24.3 Å². The van der Waals surface area contributed by atoms with E-state index in [-0.39, 0.29) is 31.1 Å². The molecule has 0 fully saturated rings. The van der Waals surface area contributed by atoms with Gasteiger partial charge in [-0.15, -0.1) is 0 Å². The molecule has 0 amide bonds. The molecule has 1 unspecified atom stereocenters. The van der Waals surface area contributed by atoms with Crippen LogP contribution in [0.2, 0.25) is 0 Å². The maximum atomic E-state index is 12.7. The van der Waals surface area contributed by atoms with Crippen LogP contribution in [0.1, 0.15) is 258 Å². The van der Waals surface area contributed by atoms with E-state index in [0.29, 0.717) is 19.3 Å². The van der Waals surface area contributed by atoms with E-state index < -0.39 is 6.10 Å². The third-order valence-corrected chi connectivity index (χ3v) is 10.7. The van der Waals surface area contributed by atoms with E-state index in [4.69, 9.17) is 14.2 Å². The Balaban J connectivity index is 4.35. The minimum absolute atomic E-state index is 0.0715. The fraction of sp³-hybridized carbons (Fsp3) is 0.860. The molecule has 328 valence electrons. The van der Waals surface area contributed by atoms with Gasteiger partial charge in [-0.05, 0) is 51.4 Å². The van der Waals surface area contributed by atoms with Crippen molar-refractivity contribution in [2.45, 2.75) is 264 Å². The number of esters is 3. The Morgan fingerprint density at radius 1 is 0.357 bits per heavy atom. The third-order valence-electron chi connectivity index (χ3n) is 10.7. The zero-order valence-electron chi connectivity index (χ0n) is 37.4. The van der Waals surface area contributed by atoms with E-state index in [2.05, 4.69) is 45.1 Å². The van der Waals surface area contributed by atoms with Gasteiger partial charge in [-0.3, -0.25) is 14.4 Å². The van der Waals surface area contributed by atoms with E-state index in [1.807, 2.05) is 0 Å². The number of rotatable bonds is 44. The van der Waals surface area contributed by atoms with Crippen LogP contribution in [0.3, 0.4) is 0 Å². The van der Waals surface area contributed by atoms with Gasteiger partial charge in [0, 0.05) is 19.3 Å². The van der Waals surface area contributed by atoms with Gasteiger partial charge in [0.15, 0.2) is 6.10 Å². The number of carbonyl (C=O) groups is 3. The predicted molar refractivity (Wildman–Crippen MR) is 238 cm³/mol. The summed E-state index contributed by atoms with van der Waals surface area (Å²) in [6.45, 7) is 6.60. The Morgan fingerprint density at radius 2 is 0.643 bits per heavy atom. The monoisotopic (exact) mass is 789 g/mol. The fourth-order valence-corrected chi connectivity index (χ4v) is 7.00. The molecular weight excluding hydrogens is 697 g/mol. The first-order chi connectivity index (χ1) is 27.5. The largest absolute Gasteiger partial charge is 0.462 e. The first-order valence-corrected chi connectivity index (χ1v) is 24.3. The maximum Gasteiger partial charge on any atom is 0.306 e. The van der Waals surface area contributed by atoms with Gasteiger partial charge in [-0.1, -0.05) is 212 Å². The fourth-order valence-electron chi connectivity index (χ4n) is 7.00. The van der Waals surface area contributed by atoms with Crippen molar-refractivity contribution in [1.82, 2.24) is 0 Å². The second-order valence-corrected chi connectivity index (χ2v) is 16.4. The van der Waals surface area contributed by atoms with Crippen molar-refractivity contribution in [3.63, 3.8) is 0 Å². The van der Waals surface area contributed by atoms with Crippen molar-refractivity contribution in [2.24, 2.45) is 0 Å². The lowest BCUT2D eigenvalue weighted by Crippen LogP contribution is -2.30. The average Bonchev–Trinajstić information content (AvgIpc) is 3.19. The van der Waals surface area contributed by atoms with Gasteiger partial charge < -0.3 is 14.2 Å². The van der Waals surface area contributed by atoms with E-state index in [1.165, 1.54) is 141 Å². The number of ether oxygens (including phenoxy) is 3. The second-order valence-electron chi connectivity index (χ2n) is 16.4. The Bertz CT molecular complexity index is 911. The number of unbranched alkanes of at least 4 members (excludes halogenated alkanes) is 29. The Hall–Kier alpha value is -2.11. The average molecular weight is 789 g/mol. The van der Waals surface area contributed by atoms with Gasteiger partial charge in [-0.25, -0.2) is 0 Å². The minimum Gasteiger partial charge on any atom is -0.462 e. The highest BCUT2D eigenvalue weighted by molar-refractivity contribution is 5.71. The molecule has 0 aliphatic carbocycles. The van der Waals surface area contributed by atoms with E-state index in [9.17, 15) is 14.4 Å². The lowest BCUT2D eigenvalue weighted by atomic mass is 10.0. The molecule has 0 saturated heterocycles. The molecule has 0 heterocycles. The second kappa shape index (κ2) is 45.6. The molecule has 0 N–H and O–H groups in total. The van der Waals surface area contributed by atoms with Crippen molar-refractivity contribution in [2.75, 3.05) is 13.2 Å². The molecule has 0 bridgehead atoms. The summed E-state index contributed by atoms with van der Waals surface area (Å²) in [6.07, 6.45) is 50.1. The SMILES string of the molecule is CCCCC/C=C\C/C=C\CCCCCCCC(=O)OCC(COC(=O)CCCCCCCCCCCC)OC(=O)CCCCCCCCCCCCCCC. The minimum atomic E-state index is -0.769. The quantitative estimate of drug-likeness (QED) is 0.0265. The lowest BCUT2D eigenvalue weighted by Gasteiger charge is -2.18. The van der Waals surface area contributed by atoms with Crippen molar-refractivity contribution in [1.29, 1.82) is 0 Å². The van der Waals surface area contributed by atoms with Crippen LogP contribution < -0.4 is 0 Å². The summed E-state index contributed by atoms with van der Waals surface area (Å²) < 4.78 is 16.7. The van der Waals surface area contributed by atoms with Crippen LogP contribution in [0.25, 0.3) is 0 Å². The van der Waals surface area contributed by atoms with E-state index in [0.717, 1.165) is 77.0 Å². The summed E-state index contributed by atoms with van der Waals surface area (Å²) in [6, 6.07) is 0. The molecule has 0 spiro atoms. The Kier molecular flexibility index (Phi) is 43.9. The topological polar surface area (TPSA) is 78.9 Å². The number of carbonyl (C=O) groups excluding carboxylic acids is 3. The molecule has 0 aromatic heterocycles. The van der Waals surface area contributed by atoms with Gasteiger partial charge in [0.25, 0.3) is 0 Å². The van der Waals surface area contributed by atoms with E-state index >= 15 is 0 Å². The van der Waals surface area contributed by atoms with Crippen LogP contribution >= 0.6 is 0 Å². The molecule has 56 heavy (non-hydrogen) atoms. The highest BCUT2D eigenvalue weighted by Gasteiger charge is 2.19. The molecule has 0 saturated carbocycles. The van der Waals surface area contributed by atoms with Crippen LogP contribution in [0.5, 0.6) is 0 Å². The highest BCUT2D eigenvalue weighted by Crippen LogP contribution is 2.15. The van der Waals surface area contributed by atoms with Crippen LogP contribution in [-0.2, 0) is 28.6 Å². The molecule has 6 heteroatoms. The zero-order valence-corrected chi connectivity index (χ0v) is 37.4. The van der Waals surface area contributed by atoms with Gasteiger partial charge >= 0.3 is 17.9 Å². The Morgan fingerprint density at radius 3 is 1.02 bits per heavy atom. The number of hydrogen-bond acceptors (Lipinski definition) is 6. The first-order valence-electron chi connectivity index (χ1n) is 24.3. The van der Waals surface area contributed by atoms with Crippen molar-refractivity contribution in [3.05, 3.63) is 24.3 Å². The molecule has 0 aromatic rings. The van der Waals surface area contributed by atoms with Gasteiger partial charge in [0.2, 0.25) is 0 Å². The predicted octanol–water partition coefficient (Wildman–Crippen LogP) is 15.6. The highest BCUT2D eigenvalue weighted by atomic mass is 16.6. The molecule has 0 rings (SSSR count). The standard InChI is InChI=1S/C50H92O6/c1-4-7-10-13-16-19-22-24-25-27-28-31-34-37-40-43-49(52)55-46-47(45-54-48(51)42-39-36-33-30-21-18-15-12-9-6-3)56-50(53)44-41-38-35-32-29-26-23-20-17-14-11-8-5-2/h16,19,24-25,47H,4-15,17-18,20-23,26-46H2,1-3H3/b19-16-,25-24-. The van der Waals surface area contributed by atoms with Gasteiger partial charge in [-0.2, -0.15) is 0 Å². The summed E-state index contributed by atoms with van der Waals surface area (Å²) in [5.41, 5.74) is 0. The zero-order chi connectivity index (χ0) is 40.8. The molecule has 0 aliphatic heterocycles. The van der Waals surface area contributed by atoms with Crippen molar-refractivity contribution in [3.8, 4) is 0 Å². The summed E-state index contributed by atoms with van der Waals surface area (Å²) in [4.78, 5) is 37.8. The molecule has 0 aliphatic rings. The molecular formula is C50H92O6. The van der Waals surface area contributed by atoms with Crippen molar-refractivity contribution >= 4 is 17.9 Å². The summed E-state index contributed by atoms with van der Waals surface area (Å²) in [5, 5.41) is 0. The first kappa shape index (κ1) is 53.9. The third kappa shape index (κ3) is 43.0.